The van der Waals surface area contributed by atoms with Gasteiger partial charge in [0.2, 0.25) is 5.91 Å². The third kappa shape index (κ3) is 4.32. The van der Waals surface area contributed by atoms with Crippen LogP contribution in [0.15, 0.2) is 6.20 Å². The van der Waals surface area contributed by atoms with Gasteiger partial charge in [0.15, 0.2) is 0 Å². The minimum absolute atomic E-state index is 0. The van der Waals surface area contributed by atoms with Gasteiger partial charge in [-0.05, 0) is 25.9 Å². The number of amides is 1. The number of nitrogens with one attached hydrogen (secondary N) is 3. The molecule has 2 rings (SSSR count). The largest absolute Gasteiger partial charge is 0.355 e. The molecule has 6 nitrogen and oxygen atoms in total. The van der Waals surface area contributed by atoms with Gasteiger partial charge in [-0.25, -0.2) is 0 Å². The van der Waals surface area contributed by atoms with Crippen molar-refractivity contribution < 1.29 is 4.79 Å². The van der Waals surface area contributed by atoms with Gasteiger partial charge in [0.05, 0.1) is 11.9 Å². The third-order valence-electron chi connectivity index (χ3n) is 2.86. The molecule has 1 aromatic rings. The predicted molar refractivity (Wildman–Crippen MR) is 65.9 cm³/mol. The second-order valence-corrected chi connectivity index (χ2v) is 4.03. The molecule has 3 N–H and O–H groups in total. The van der Waals surface area contributed by atoms with E-state index in [2.05, 4.69) is 26.0 Å². The number of hydrogen-bond acceptors (Lipinski definition) is 4. The SMILES string of the molecule is Cl.O=C(NCCc1cn[nH]n1)C1CCNCC1. The molecule has 0 aromatic carbocycles. The van der Waals surface area contributed by atoms with Gasteiger partial charge in [-0.1, -0.05) is 0 Å². The zero-order valence-corrected chi connectivity index (χ0v) is 10.4. The molecule has 1 saturated heterocycles. The quantitative estimate of drug-likeness (QED) is 0.704. The molecular weight excluding hydrogens is 242 g/mol. The molecule has 1 aliphatic heterocycles. The molecule has 0 bridgehead atoms. The number of piperidine rings is 1. The number of H-pyrrole nitrogens is 1. The topological polar surface area (TPSA) is 82.7 Å². The second-order valence-electron chi connectivity index (χ2n) is 4.03. The number of aromatic nitrogens is 3. The van der Waals surface area contributed by atoms with Crippen LogP contribution in [0.3, 0.4) is 0 Å². The lowest BCUT2D eigenvalue weighted by molar-refractivity contribution is -0.125. The summed E-state index contributed by atoms with van der Waals surface area (Å²) in [4.78, 5) is 11.7. The lowest BCUT2D eigenvalue weighted by atomic mass is 9.97. The van der Waals surface area contributed by atoms with Crippen LogP contribution in [0.2, 0.25) is 0 Å². The van der Waals surface area contributed by atoms with Crippen molar-refractivity contribution in [2.24, 2.45) is 5.92 Å². The maximum Gasteiger partial charge on any atom is 0.223 e. The zero-order valence-electron chi connectivity index (χ0n) is 9.61. The van der Waals surface area contributed by atoms with Crippen LogP contribution in [0, 0.1) is 5.92 Å². The van der Waals surface area contributed by atoms with Crippen LogP contribution in [-0.4, -0.2) is 41.0 Å². The van der Waals surface area contributed by atoms with Gasteiger partial charge >= 0.3 is 0 Å². The Morgan fingerprint density at radius 1 is 1.47 bits per heavy atom. The predicted octanol–water partition coefficient (Wildman–Crippen LogP) is -0.115. The van der Waals surface area contributed by atoms with E-state index in [0.29, 0.717) is 6.54 Å². The van der Waals surface area contributed by atoms with Gasteiger partial charge in [-0.3, -0.25) is 4.79 Å². The van der Waals surface area contributed by atoms with Gasteiger partial charge in [-0.2, -0.15) is 15.4 Å². The molecule has 1 fully saturated rings. The Kier molecular flexibility index (Phi) is 5.93. The fraction of sp³-hybridized carbons (Fsp3) is 0.700. The Balaban J connectivity index is 0.00000144. The molecule has 96 valence electrons. The molecule has 7 heteroatoms. The Hall–Kier alpha value is -1.14. The molecule has 0 aliphatic carbocycles. The fourth-order valence-electron chi connectivity index (χ4n) is 1.89. The Labute approximate surface area is 106 Å². The highest BCUT2D eigenvalue weighted by molar-refractivity contribution is 5.85. The highest BCUT2D eigenvalue weighted by atomic mass is 35.5. The number of carbonyl (C=O) groups excluding carboxylic acids is 1. The van der Waals surface area contributed by atoms with Crippen LogP contribution >= 0.6 is 12.4 Å². The summed E-state index contributed by atoms with van der Waals surface area (Å²) in [7, 11) is 0. The monoisotopic (exact) mass is 259 g/mol. The summed E-state index contributed by atoms with van der Waals surface area (Å²) in [6, 6.07) is 0. The molecule has 1 aromatic heterocycles. The van der Waals surface area contributed by atoms with Crippen molar-refractivity contribution >= 4 is 18.3 Å². The van der Waals surface area contributed by atoms with Crippen LogP contribution in [-0.2, 0) is 11.2 Å². The van der Waals surface area contributed by atoms with E-state index in [0.717, 1.165) is 38.0 Å². The standard InChI is InChI=1S/C10H17N5O.ClH/c16-10(8-1-4-11-5-2-8)12-6-3-9-7-13-15-14-9;/h7-8,11H,1-6H2,(H,12,16)(H,13,14,15);1H. The van der Waals surface area contributed by atoms with Crippen LogP contribution in [0.1, 0.15) is 18.5 Å². The smallest absolute Gasteiger partial charge is 0.223 e. The fourth-order valence-corrected chi connectivity index (χ4v) is 1.89. The number of carbonyl (C=O) groups is 1. The third-order valence-corrected chi connectivity index (χ3v) is 2.86. The average molecular weight is 260 g/mol. The van der Waals surface area contributed by atoms with Crippen LogP contribution < -0.4 is 10.6 Å². The van der Waals surface area contributed by atoms with Crippen LogP contribution in [0.25, 0.3) is 0 Å². The first kappa shape index (κ1) is 13.9. The molecule has 0 saturated carbocycles. The average Bonchev–Trinajstić information content (AvgIpc) is 2.83. The normalized spacial score (nSPS) is 16.2. The number of aromatic amines is 1. The van der Waals surface area contributed by atoms with Crippen LogP contribution in [0.5, 0.6) is 0 Å². The maximum atomic E-state index is 11.7. The highest BCUT2D eigenvalue weighted by Gasteiger charge is 2.20. The van der Waals surface area contributed by atoms with E-state index >= 15 is 0 Å². The van der Waals surface area contributed by atoms with E-state index in [-0.39, 0.29) is 24.2 Å². The molecule has 0 radical (unpaired) electrons. The first-order valence-corrected chi connectivity index (χ1v) is 5.69. The highest BCUT2D eigenvalue weighted by Crippen LogP contribution is 2.11. The lowest BCUT2D eigenvalue weighted by Crippen LogP contribution is -2.38. The minimum atomic E-state index is 0. The molecular formula is C10H18ClN5O. The van der Waals surface area contributed by atoms with Crippen molar-refractivity contribution in [3.05, 3.63) is 11.9 Å². The summed E-state index contributed by atoms with van der Waals surface area (Å²) in [6.45, 7) is 2.53. The van der Waals surface area contributed by atoms with Crippen molar-refractivity contribution in [1.82, 2.24) is 26.0 Å². The van der Waals surface area contributed by atoms with Gasteiger partial charge in [-0.15, -0.1) is 12.4 Å². The second kappa shape index (κ2) is 7.24. The van der Waals surface area contributed by atoms with E-state index in [1.165, 1.54) is 0 Å². The summed E-state index contributed by atoms with van der Waals surface area (Å²) >= 11 is 0. The minimum Gasteiger partial charge on any atom is -0.355 e. The summed E-state index contributed by atoms with van der Waals surface area (Å²) in [5, 5.41) is 16.4. The summed E-state index contributed by atoms with van der Waals surface area (Å²) in [6.07, 6.45) is 4.29. The maximum absolute atomic E-state index is 11.7. The van der Waals surface area contributed by atoms with Gasteiger partial charge < -0.3 is 10.6 Å². The van der Waals surface area contributed by atoms with Crippen molar-refractivity contribution in [3.8, 4) is 0 Å². The molecule has 2 heterocycles. The van der Waals surface area contributed by atoms with E-state index in [4.69, 9.17) is 0 Å². The number of nitrogens with zero attached hydrogens (tertiary/aromatic N) is 2. The molecule has 0 unspecified atom stereocenters. The van der Waals surface area contributed by atoms with Gasteiger partial charge in [0, 0.05) is 18.9 Å². The van der Waals surface area contributed by atoms with Gasteiger partial charge in [0.1, 0.15) is 0 Å². The molecule has 1 amide bonds. The number of rotatable bonds is 4. The zero-order chi connectivity index (χ0) is 11.2. The number of hydrogen-bond donors (Lipinski definition) is 3. The molecule has 0 spiro atoms. The first-order valence-electron chi connectivity index (χ1n) is 5.69. The molecule has 1 aliphatic rings. The Morgan fingerprint density at radius 3 is 2.88 bits per heavy atom. The first-order chi connectivity index (χ1) is 7.86. The molecule has 0 atom stereocenters. The van der Waals surface area contributed by atoms with Crippen LogP contribution in [0.4, 0.5) is 0 Å². The van der Waals surface area contributed by atoms with Crippen molar-refractivity contribution in [1.29, 1.82) is 0 Å². The Bertz CT molecular complexity index is 323. The summed E-state index contributed by atoms with van der Waals surface area (Å²) < 4.78 is 0. The van der Waals surface area contributed by atoms with Crippen molar-refractivity contribution in [2.75, 3.05) is 19.6 Å². The van der Waals surface area contributed by atoms with E-state index < -0.39 is 0 Å². The van der Waals surface area contributed by atoms with E-state index in [1.54, 1.807) is 6.20 Å². The van der Waals surface area contributed by atoms with E-state index in [9.17, 15) is 4.79 Å². The lowest BCUT2D eigenvalue weighted by Gasteiger charge is -2.21. The summed E-state index contributed by atoms with van der Waals surface area (Å²) in [5.41, 5.74) is 0.880. The Morgan fingerprint density at radius 2 is 2.24 bits per heavy atom. The van der Waals surface area contributed by atoms with E-state index in [1.807, 2.05) is 0 Å². The van der Waals surface area contributed by atoms with Crippen molar-refractivity contribution in [2.45, 2.75) is 19.3 Å². The summed E-state index contributed by atoms with van der Waals surface area (Å²) in [5.74, 6) is 0.351. The number of halogens is 1. The molecule has 17 heavy (non-hydrogen) atoms. The van der Waals surface area contributed by atoms with Crippen molar-refractivity contribution in [3.63, 3.8) is 0 Å². The van der Waals surface area contributed by atoms with Gasteiger partial charge in [0.25, 0.3) is 0 Å².